The highest BCUT2D eigenvalue weighted by Gasteiger charge is 2.28. The van der Waals surface area contributed by atoms with Crippen molar-refractivity contribution >= 4 is 21.5 Å². The highest BCUT2D eigenvalue weighted by atomic mass is 32.2. The van der Waals surface area contributed by atoms with E-state index in [1.165, 1.54) is 6.26 Å². The van der Waals surface area contributed by atoms with Gasteiger partial charge in [0.25, 0.3) is 0 Å². The van der Waals surface area contributed by atoms with E-state index in [0.717, 1.165) is 38.8 Å². The number of unbranched alkanes of at least 4 members (excludes halogenated alkanes) is 1. The summed E-state index contributed by atoms with van der Waals surface area (Å²) in [5.41, 5.74) is 5.99. The molecular weight excluding hydrogens is 264 g/mol. The Balaban J connectivity index is 2.45. The largest absolute Gasteiger partial charge is 0.383 e. The lowest BCUT2D eigenvalue weighted by Gasteiger charge is -2.15. The molecular formula is C12H22N4O2S. The van der Waals surface area contributed by atoms with Crippen molar-refractivity contribution in [3.8, 4) is 0 Å². The van der Waals surface area contributed by atoms with Crippen LogP contribution in [0.25, 0.3) is 0 Å². The number of rotatable bonds is 5. The highest BCUT2D eigenvalue weighted by Crippen LogP contribution is 2.32. The van der Waals surface area contributed by atoms with Gasteiger partial charge in [0.05, 0.1) is 0 Å². The van der Waals surface area contributed by atoms with E-state index in [-0.39, 0.29) is 10.7 Å². The number of hydrogen-bond acceptors (Lipinski definition) is 5. The standard InChI is InChI=1S/C12H22N4O2S/c1-3-4-9-16-11(13)10(19(2,17)18)12(14-16)15-7-5-6-8-15/h3-9,13H2,1-2H3. The van der Waals surface area contributed by atoms with Crippen molar-refractivity contribution in [2.24, 2.45) is 0 Å². The monoisotopic (exact) mass is 286 g/mol. The van der Waals surface area contributed by atoms with Crippen LogP contribution >= 0.6 is 0 Å². The summed E-state index contributed by atoms with van der Waals surface area (Å²) in [5, 5.41) is 4.43. The van der Waals surface area contributed by atoms with Gasteiger partial charge in [0, 0.05) is 25.9 Å². The first-order valence-corrected chi connectivity index (χ1v) is 8.65. The van der Waals surface area contributed by atoms with Crippen molar-refractivity contribution in [3.63, 3.8) is 0 Å². The van der Waals surface area contributed by atoms with Gasteiger partial charge in [0.2, 0.25) is 0 Å². The lowest BCUT2D eigenvalue weighted by molar-refractivity contribution is 0.577. The third kappa shape index (κ3) is 2.86. The summed E-state index contributed by atoms with van der Waals surface area (Å²) >= 11 is 0. The third-order valence-electron chi connectivity index (χ3n) is 3.43. The van der Waals surface area contributed by atoms with E-state index in [4.69, 9.17) is 5.73 Å². The van der Waals surface area contributed by atoms with Crippen molar-refractivity contribution in [1.82, 2.24) is 9.78 Å². The van der Waals surface area contributed by atoms with Crippen LogP contribution in [0.5, 0.6) is 0 Å². The quantitative estimate of drug-likeness (QED) is 0.881. The maximum atomic E-state index is 12.0. The molecule has 0 amide bonds. The van der Waals surface area contributed by atoms with Crippen LogP contribution in [0.2, 0.25) is 0 Å². The van der Waals surface area contributed by atoms with Crippen LogP contribution in [0.3, 0.4) is 0 Å². The van der Waals surface area contributed by atoms with Gasteiger partial charge in [-0.1, -0.05) is 13.3 Å². The molecule has 1 aliphatic heterocycles. The molecule has 6 nitrogen and oxygen atoms in total. The Morgan fingerprint density at radius 3 is 2.47 bits per heavy atom. The summed E-state index contributed by atoms with van der Waals surface area (Å²) in [7, 11) is -3.36. The van der Waals surface area contributed by atoms with Crippen LogP contribution < -0.4 is 10.6 Å². The fourth-order valence-corrected chi connectivity index (χ4v) is 3.40. The normalized spacial score (nSPS) is 16.2. The summed E-state index contributed by atoms with van der Waals surface area (Å²) in [5.74, 6) is 0.812. The first-order chi connectivity index (χ1) is 8.95. The van der Waals surface area contributed by atoms with E-state index in [1.807, 2.05) is 4.90 Å². The molecule has 2 heterocycles. The summed E-state index contributed by atoms with van der Waals surface area (Å²) < 4.78 is 25.5. The van der Waals surface area contributed by atoms with E-state index in [2.05, 4.69) is 12.0 Å². The SMILES string of the molecule is CCCCn1nc(N2CCCC2)c(S(C)(=O)=O)c1N. The molecule has 1 aliphatic rings. The van der Waals surface area contributed by atoms with E-state index >= 15 is 0 Å². The van der Waals surface area contributed by atoms with E-state index < -0.39 is 9.84 Å². The van der Waals surface area contributed by atoms with Gasteiger partial charge in [0.15, 0.2) is 20.6 Å². The lowest BCUT2D eigenvalue weighted by Crippen LogP contribution is -2.20. The number of sulfone groups is 1. The van der Waals surface area contributed by atoms with Gasteiger partial charge in [-0.05, 0) is 19.3 Å². The molecule has 7 heteroatoms. The number of hydrogen-bond donors (Lipinski definition) is 1. The number of aromatic nitrogens is 2. The lowest BCUT2D eigenvalue weighted by atomic mass is 10.3. The minimum atomic E-state index is -3.36. The first-order valence-electron chi connectivity index (χ1n) is 6.76. The minimum absolute atomic E-state index is 0.200. The Labute approximate surface area is 114 Å². The maximum Gasteiger partial charge on any atom is 0.182 e. The number of nitrogens with zero attached hydrogens (tertiary/aromatic N) is 3. The Bertz CT molecular complexity index is 544. The van der Waals surface area contributed by atoms with Crippen LogP contribution in [-0.4, -0.2) is 37.5 Å². The Hall–Kier alpha value is -1.24. The molecule has 0 aromatic carbocycles. The zero-order valence-corrected chi connectivity index (χ0v) is 12.4. The van der Waals surface area contributed by atoms with Gasteiger partial charge in [0.1, 0.15) is 5.82 Å². The van der Waals surface area contributed by atoms with E-state index in [9.17, 15) is 8.42 Å². The molecule has 0 saturated carbocycles. The zero-order chi connectivity index (χ0) is 14.0. The smallest absolute Gasteiger partial charge is 0.182 e. The number of anilines is 2. The van der Waals surface area contributed by atoms with Crippen LogP contribution in [0.4, 0.5) is 11.6 Å². The van der Waals surface area contributed by atoms with Crippen LogP contribution in [-0.2, 0) is 16.4 Å². The molecule has 0 atom stereocenters. The van der Waals surface area contributed by atoms with Gasteiger partial charge < -0.3 is 10.6 Å². The Morgan fingerprint density at radius 1 is 1.32 bits per heavy atom. The molecule has 1 aromatic rings. The number of aryl methyl sites for hydroxylation is 1. The molecule has 0 radical (unpaired) electrons. The third-order valence-corrected chi connectivity index (χ3v) is 4.56. The second-order valence-electron chi connectivity index (χ2n) is 5.08. The van der Waals surface area contributed by atoms with E-state index in [1.54, 1.807) is 4.68 Å². The summed E-state index contributed by atoms with van der Waals surface area (Å²) in [6.07, 6.45) is 5.31. The fraction of sp³-hybridized carbons (Fsp3) is 0.750. The predicted octanol–water partition coefficient (Wildman–Crippen LogP) is 1.27. The maximum absolute atomic E-state index is 12.0. The van der Waals surface area contributed by atoms with Crippen molar-refractivity contribution < 1.29 is 8.42 Å². The molecule has 1 saturated heterocycles. The molecule has 1 aromatic heterocycles. The summed E-state index contributed by atoms with van der Waals surface area (Å²) in [6.45, 7) is 4.46. The Morgan fingerprint density at radius 2 is 1.95 bits per heavy atom. The van der Waals surface area contributed by atoms with Crippen molar-refractivity contribution in [2.45, 2.75) is 44.0 Å². The van der Waals surface area contributed by atoms with Gasteiger partial charge in [-0.25, -0.2) is 13.1 Å². The van der Waals surface area contributed by atoms with Crippen molar-refractivity contribution in [3.05, 3.63) is 0 Å². The molecule has 0 spiro atoms. The molecule has 0 bridgehead atoms. The van der Waals surface area contributed by atoms with Gasteiger partial charge in [-0.3, -0.25) is 0 Å². The molecule has 2 rings (SSSR count). The first kappa shape index (κ1) is 14.2. The number of nitrogen functional groups attached to an aromatic ring is 1. The second kappa shape index (κ2) is 5.40. The fourth-order valence-electron chi connectivity index (χ4n) is 2.42. The zero-order valence-electron chi connectivity index (χ0n) is 11.6. The van der Waals surface area contributed by atoms with Gasteiger partial charge in [-0.15, -0.1) is 0 Å². The molecule has 2 N–H and O–H groups in total. The minimum Gasteiger partial charge on any atom is -0.383 e. The molecule has 108 valence electrons. The van der Waals surface area contributed by atoms with Gasteiger partial charge in [-0.2, -0.15) is 5.10 Å². The van der Waals surface area contributed by atoms with Crippen molar-refractivity contribution in [1.29, 1.82) is 0 Å². The molecule has 0 unspecified atom stereocenters. The highest BCUT2D eigenvalue weighted by molar-refractivity contribution is 7.91. The predicted molar refractivity (Wildman–Crippen MR) is 76.1 cm³/mol. The van der Waals surface area contributed by atoms with Crippen LogP contribution in [0.1, 0.15) is 32.6 Å². The van der Waals surface area contributed by atoms with E-state index in [0.29, 0.717) is 12.4 Å². The van der Waals surface area contributed by atoms with Crippen molar-refractivity contribution in [2.75, 3.05) is 30.0 Å². The molecule has 1 fully saturated rings. The second-order valence-corrected chi connectivity index (χ2v) is 7.03. The summed E-state index contributed by atoms with van der Waals surface area (Å²) in [6, 6.07) is 0. The topological polar surface area (TPSA) is 81.2 Å². The molecule has 0 aliphatic carbocycles. The molecule has 19 heavy (non-hydrogen) atoms. The average Bonchev–Trinajstić information content (AvgIpc) is 2.92. The van der Waals surface area contributed by atoms with Crippen LogP contribution in [0.15, 0.2) is 4.90 Å². The van der Waals surface area contributed by atoms with Gasteiger partial charge >= 0.3 is 0 Å². The Kier molecular flexibility index (Phi) is 4.03. The van der Waals surface area contributed by atoms with Crippen LogP contribution in [0, 0.1) is 0 Å². The number of nitrogens with two attached hydrogens (primary N) is 1. The summed E-state index contributed by atoms with van der Waals surface area (Å²) in [4.78, 5) is 2.22. The average molecular weight is 286 g/mol.